The molecule has 4 rings (SSSR count). The van der Waals surface area contributed by atoms with Gasteiger partial charge in [-0.1, -0.05) is 99.3 Å². The molecule has 0 radical (unpaired) electrons. The Hall–Kier alpha value is -4.33. The molecule has 3 unspecified atom stereocenters. The summed E-state index contributed by atoms with van der Waals surface area (Å²) in [5.41, 5.74) is 2.27. The average molecular weight is 740 g/mol. The molecule has 1 N–H and O–H groups in total. The standard InChI is InChI=1S/C46H65N3O5/c1-8-14-17-33(11-4)30-52-41-26-22-37(28-40(41)50)45-47-44(36-20-24-39(51-7)25-21-36)48-46(49-45)38-23-27-42(53-31-34(12-5)18-15-9-2)43(29-38)54-32-35(13-6)19-16-10-3/h20-29,33-35,50H,8-19,30-32H2,1-7H3. The highest BCUT2D eigenvalue weighted by atomic mass is 16.5. The van der Waals surface area contributed by atoms with E-state index in [1.165, 1.54) is 32.1 Å². The van der Waals surface area contributed by atoms with Crippen LogP contribution in [0.5, 0.6) is 28.7 Å². The third kappa shape index (κ3) is 12.6. The summed E-state index contributed by atoms with van der Waals surface area (Å²) in [6, 6.07) is 19.0. The van der Waals surface area contributed by atoms with Crippen LogP contribution in [0.2, 0.25) is 0 Å². The number of hydrogen-bond donors (Lipinski definition) is 1. The van der Waals surface area contributed by atoms with Gasteiger partial charge in [0.15, 0.2) is 40.5 Å². The van der Waals surface area contributed by atoms with E-state index in [-0.39, 0.29) is 5.75 Å². The Labute approximate surface area is 325 Å². The fourth-order valence-electron chi connectivity index (χ4n) is 6.48. The first-order chi connectivity index (χ1) is 26.3. The molecular formula is C46H65N3O5. The molecule has 8 nitrogen and oxygen atoms in total. The van der Waals surface area contributed by atoms with Crippen LogP contribution in [0, 0.1) is 17.8 Å². The van der Waals surface area contributed by atoms with Crippen molar-refractivity contribution in [3.63, 3.8) is 0 Å². The second kappa shape index (κ2) is 22.8. The van der Waals surface area contributed by atoms with E-state index in [1.54, 1.807) is 19.2 Å². The van der Waals surface area contributed by atoms with Crippen molar-refractivity contribution >= 4 is 0 Å². The molecule has 0 saturated heterocycles. The van der Waals surface area contributed by atoms with Crippen molar-refractivity contribution in [1.82, 2.24) is 15.0 Å². The molecule has 3 aromatic carbocycles. The maximum Gasteiger partial charge on any atom is 0.164 e. The number of phenols is 1. The summed E-state index contributed by atoms with van der Waals surface area (Å²) in [4.78, 5) is 14.8. The molecule has 0 fully saturated rings. The molecule has 0 bridgehead atoms. The summed E-state index contributed by atoms with van der Waals surface area (Å²) in [5, 5.41) is 11.1. The van der Waals surface area contributed by atoms with Crippen LogP contribution in [0.25, 0.3) is 34.2 Å². The minimum absolute atomic E-state index is 0.0564. The number of aromatic nitrogens is 3. The first-order valence-electron chi connectivity index (χ1n) is 20.6. The van der Waals surface area contributed by atoms with Gasteiger partial charge in [0.2, 0.25) is 0 Å². The molecule has 0 saturated carbocycles. The molecule has 0 aliphatic carbocycles. The minimum Gasteiger partial charge on any atom is -0.504 e. The normalized spacial score (nSPS) is 12.9. The Morgan fingerprint density at radius 2 is 0.907 bits per heavy atom. The predicted molar refractivity (Wildman–Crippen MR) is 221 cm³/mol. The Bertz CT molecular complexity index is 1680. The Balaban J connectivity index is 1.73. The van der Waals surface area contributed by atoms with Gasteiger partial charge in [-0.15, -0.1) is 0 Å². The lowest BCUT2D eigenvalue weighted by Crippen LogP contribution is -2.14. The van der Waals surface area contributed by atoms with Gasteiger partial charge < -0.3 is 24.1 Å². The van der Waals surface area contributed by atoms with Crippen molar-refractivity contribution in [2.45, 2.75) is 119 Å². The molecule has 294 valence electrons. The summed E-state index contributed by atoms with van der Waals surface area (Å²) in [5.74, 6) is 5.55. The Kier molecular flexibility index (Phi) is 17.9. The van der Waals surface area contributed by atoms with E-state index in [1.807, 2.05) is 48.5 Å². The first-order valence-corrected chi connectivity index (χ1v) is 20.6. The minimum atomic E-state index is 0.0564. The smallest absolute Gasteiger partial charge is 0.164 e. The van der Waals surface area contributed by atoms with E-state index >= 15 is 0 Å². The van der Waals surface area contributed by atoms with Crippen LogP contribution in [0.3, 0.4) is 0 Å². The number of phenolic OH excluding ortho intramolecular Hbond substituents is 1. The highest BCUT2D eigenvalue weighted by Crippen LogP contribution is 2.36. The number of aromatic hydroxyl groups is 1. The third-order valence-electron chi connectivity index (χ3n) is 10.5. The molecule has 1 aromatic heterocycles. The number of hydrogen-bond acceptors (Lipinski definition) is 8. The molecule has 0 aliphatic heterocycles. The van der Waals surface area contributed by atoms with Gasteiger partial charge in [0.05, 0.1) is 26.9 Å². The van der Waals surface area contributed by atoms with Gasteiger partial charge in [-0.2, -0.15) is 0 Å². The number of rotatable bonds is 25. The van der Waals surface area contributed by atoms with Gasteiger partial charge in [-0.3, -0.25) is 0 Å². The molecule has 0 aliphatic rings. The van der Waals surface area contributed by atoms with Crippen molar-refractivity contribution in [2.75, 3.05) is 26.9 Å². The van der Waals surface area contributed by atoms with Crippen molar-refractivity contribution in [3.05, 3.63) is 60.7 Å². The number of benzene rings is 3. The first kappa shape index (κ1) is 42.4. The van der Waals surface area contributed by atoms with Crippen LogP contribution in [-0.4, -0.2) is 47.0 Å². The van der Waals surface area contributed by atoms with Crippen LogP contribution in [0.15, 0.2) is 60.7 Å². The van der Waals surface area contributed by atoms with Crippen LogP contribution >= 0.6 is 0 Å². The van der Waals surface area contributed by atoms with E-state index in [0.717, 1.165) is 67.6 Å². The molecule has 1 heterocycles. The second-order valence-corrected chi connectivity index (χ2v) is 14.6. The van der Waals surface area contributed by atoms with Crippen LogP contribution in [0.4, 0.5) is 0 Å². The zero-order valence-corrected chi connectivity index (χ0v) is 34.0. The lowest BCUT2D eigenvalue weighted by atomic mass is 10.0. The van der Waals surface area contributed by atoms with E-state index in [0.29, 0.717) is 72.1 Å². The monoisotopic (exact) mass is 739 g/mol. The molecule has 0 spiro atoms. The van der Waals surface area contributed by atoms with E-state index in [2.05, 4.69) is 41.5 Å². The van der Waals surface area contributed by atoms with Crippen LogP contribution in [0.1, 0.15) is 119 Å². The van der Waals surface area contributed by atoms with Gasteiger partial charge in [0, 0.05) is 16.7 Å². The third-order valence-corrected chi connectivity index (χ3v) is 10.5. The van der Waals surface area contributed by atoms with Crippen molar-refractivity contribution in [1.29, 1.82) is 0 Å². The number of ether oxygens (including phenoxy) is 4. The van der Waals surface area contributed by atoms with E-state index in [9.17, 15) is 5.11 Å². The van der Waals surface area contributed by atoms with Gasteiger partial charge in [-0.05, 0) is 97.7 Å². The van der Waals surface area contributed by atoms with E-state index < -0.39 is 0 Å². The summed E-state index contributed by atoms with van der Waals surface area (Å²) >= 11 is 0. The molecule has 0 amide bonds. The number of nitrogens with zero attached hydrogens (tertiary/aromatic N) is 3. The van der Waals surface area contributed by atoms with Gasteiger partial charge >= 0.3 is 0 Å². The summed E-state index contributed by atoms with van der Waals surface area (Å²) in [6.07, 6.45) is 13.6. The number of methoxy groups -OCH3 is 1. The Morgan fingerprint density at radius 1 is 0.500 bits per heavy atom. The van der Waals surface area contributed by atoms with Crippen molar-refractivity contribution in [3.8, 4) is 62.9 Å². The summed E-state index contributed by atoms with van der Waals surface area (Å²) in [7, 11) is 1.65. The van der Waals surface area contributed by atoms with Gasteiger partial charge in [0.1, 0.15) is 5.75 Å². The highest BCUT2D eigenvalue weighted by Gasteiger charge is 2.19. The SMILES string of the molecule is CCCCC(CC)COc1ccc(-c2nc(-c3ccc(OC)cc3)nc(-c3ccc(OCC(CC)CCCC)c(OCC(CC)CCCC)c3)n2)cc1O. The fraction of sp³-hybridized carbons (Fsp3) is 0.543. The summed E-state index contributed by atoms with van der Waals surface area (Å²) in [6.45, 7) is 15.2. The quantitative estimate of drug-likeness (QED) is 0.0718. The van der Waals surface area contributed by atoms with Crippen LogP contribution in [-0.2, 0) is 0 Å². The lowest BCUT2D eigenvalue weighted by Gasteiger charge is -2.20. The second-order valence-electron chi connectivity index (χ2n) is 14.6. The molecule has 4 aromatic rings. The molecule has 54 heavy (non-hydrogen) atoms. The van der Waals surface area contributed by atoms with Crippen molar-refractivity contribution in [2.24, 2.45) is 17.8 Å². The van der Waals surface area contributed by atoms with Crippen LogP contribution < -0.4 is 18.9 Å². The zero-order valence-electron chi connectivity index (χ0n) is 34.0. The van der Waals surface area contributed by atoms with E-state index in [4.69, 9.17) is 33.9 Å². The summed E-state index contributed by atoms with van der Waals surface area (Å²) < 4.78 is 24.6. The largest absolute Gasteiger partial charge is 0.504 e. The lowest BCUT2D eigenvalue weighted by molar-refractivity contribution is 0.199. The van der Waals surface area contributed by atoms with Crippen molar-refractivity contribution < 1.29 is 24.1 Å². The maximum absolute atomic E-state index is 11.1. The van der Waals surface area contributed by atoms with Gasteiger partial charge in [-0.25, -0.2) is 15.0 Å². The fourth-order valence-corrected chi connectivity index (χ4v) is 6.48. The van der Waals surface area contributed by atoms with Gasteiger partial charge in [0.25, 0.3) is 0 Å². The number of unbranched alkanes of at least 4 members (excludes halogenated alkanes) is 3. The Morgan fingerprint density at radius 3 is 1.35 bits per heavy atom. The topological polar surface area (TPSA) is 95.8 Å². The zero-order chi connectivity index (χ0) is 38.7. The maximum atomic E-state index is 11.1. The highest BCUT2D eigenvalue weighted by molar-refractivity contribution is 5.69. The molecule has 8 heteroatoms. The molecule has 3 atom stereocenters. The predicted octanol–water partition coefficient (Wildman–Crippen LogP) is 12.4. The average Bonchev–Trinajstić information content (AvgIpc) is 3.21. The molecular weight excluding hydrogens is 675 g/mol.